The number of sulfonamides is 1. The van der Waals surface area contributed by atoms with Gasteiger partial charge in [0.2, 0.25) is 10.0 Å². The van der Waals surface area contributed by atoms with E-state index in [1.807, 2.05) is 0 Å². The van der Waals surface area contributed by atoms with E-state index in [0.29, 0.717) is 42.6 Å². The van der Waals surface area contributed by atoms with Crippen LogP contribution in [0.3, 0.4) is 0 Å². The Hall–Kier alpha value is -2.13. The lowest BCUT2D eigenvalue weighted by molar-refractivity contribution is 0.0730. The summed E-state index contributed by atoms with van der Waals surface area (Å²) in [7, 11) is -3.70. The van der Waals surface area contributed by atoms with Crippen LogP contribution in [-0.4, -0.2) is 58.0 Å². The third kappa shape index (κ3) is 4.46. The summed E-state index contributed by atoms with van der Waals surface area (Å²) >= 11 is 6.03. The first-order chi connectivity index (χ1) is 14.4. The Morgan fingerprint density at radius 1 is 1.00 bits per heavy atom. The Bertz CT molecular complexity index is 1030. The summed E-state index contributed by atoms with van der Waals surface area (Å²) in [5.41, 5.74) is 1.64. The molecule has 0 bridgehead atoms. The Morgan fingerprint density at radius 2 is 1.73 bits per heavy atom. The molecule has 9 heteroatoms. The van der Waals surface area contributed by atoms with Crippen LogP contribution in [0.5, 0.6) is 0 Å². The number of rotatable bonds is 5. The zero-order chi connectivity index (χ0) is 21.1. The summed E-state index contributed by atoms with van der Waals surface area (Å²) in [6.07, 6.45) is 2.09. The van der Waals surface area contributed by atoms with Crippen molar-refractivity contribution in [1.29, 1.82) is 0 Å². The first kappa shape index (κ1) is 21.1. The largest absolute Gasteiger partial charge is 0.379 e. The zero-order valence-corrected chi connectivity index (χ0v) is 18.1. The molecule has 7 nitrogen and oxygen atoms in total. The molecule has 2 saturated heterocycles. The fourth-order valence-electron chi connectivity index (χ4n) is 3.79. The molecule has 4 rings (SSSR count). The summed E-state index contributed by atoms with van der Waals surface area (Å²) in [6, 6.07) is 11.7. The molecule has 0 radical (unpaired) electrons. The number of amides is 1. The molecule has 2 aliphatic rings. The summed E-state index contributed by atoms with van der Waals surface area (Å²) in [5.74, 6) is -0.363. The molecule has 30 heavy (non-hydrogen) atoms. The monoisotopic (exact) mass is 449 g/mol. The quantitative estimate of drug-likeness (QED) is 0.758. The molecule has 0 aliphatic carbocycles. The maximum atomic E-state index is 13.1. The second-order valence-electron chi connectivity index (χ2n) is 7.35. The molecule has 0 spiro atoms. The van der Waals surface area contributed by atoms with Crippen LogP contribution in [-0.2, 0) is 14.8 Å². The standard InChI is InChI=1S/C21H24ClN3O4S/c22-16-4-3-5-17(14-16)23-21(26)19-15-18(6-7-20(19)24-8-1-2-9-24)30(27,28)25-10-12-29-13-11-25/h3-7,14-15H,1-2,8-13H2,(H,23,26). The molecule has 0 aromatic heterocycles. The minimum Gasteiger partial charge on any atom is -0.379 e. The molecule has 0 saturated carbocycles. The fraction of sp³-hybridized carbons (Fsp3) is 0.381. The van der Waals surface area contributed by atoms with Gasteiger partial charge in [-0.05, 0) is 49.2 Å². The van der Waals surface area contributed by atoms with Gasteiger partial charge in [0.1, 0.15) is 0 Å². The number of ether oxygens (including phenoxy) is 1. The van der Waals surface area contributed by atoms with Crippen LogP contribution >= 0.6 is 11.6 Å². The van der Waals surface area contributed by atoms with E-state index >= 15 is 0 Å². The van der Waals surface area contributed by atoms with Crippen molar-refractivity contribution in [3.63, 3.8) is 0 Å². The molecule has 2 aromatic rings. The lowest BCUT2D eigenvalue weighted by Crippen LogP contribution is -2.40. The van der Waals surface area contributed by atoms with Crippen LogP contribution in [0.15, 0.2) is 47.4 Å². The minimum absolute atomic E-state index is 0.114. The van der Waals surface area contributed by atoms with Crippen molar-refractivity contribution < 1.29 is 17.9 Å². The summed E-state index contributed by atoms with van der Waals surface area (Å²) in [5, 5.41) is 3.35. The van der Waals surface area contributed by atoms with Crippen molar-refractivity contribution in [3.05, 3.63) is 53.1 Å². The van der Waals surface area contributed by atoms with E-state index in [1.165, 1.54) is 10.4 Å². The van der Waals surface area contributed by atoms with E-state index < -0.39 is 10.0 Å². The SMILES string of the molecule is O=C(Nc1cccc(Cl)c1)c1cc(S(=O)(=O)N2CCOCC2)ccc1N1CCCC1. The van der Waals surface area contributed by atoms with Crippen LogP contribution in [0.4, 0.5) is 11.4 Å². The number of carbonyl (C=O) groups is 1. The predicted octanol–water partition coefficient (Wildman–Crippen LogP) is 3.21. The van der Waals surface area contributed by atoms with Gasteiger partial charge in [-0.2, -0.15) is 4.31 Å². The first-order valence-corrected chi connectivity index (χ1v) is 11.8. The van der Waals surface area contributed by atoms with Crippen LogP contribution in [0, 0.1) is 0 Å². The maximum absolute atomic E-state index is 13.1. The third-order valence-electron chi connectivity index (χ3n) is 5.35. The van der Waals surface area contributed by atoms with Gasteiger partial charge in [-0.25, -0.2) is 8.42 Å². The highest BCUT2D eigenvalue weighted by Crippen LogP contribution is 2.29. The Labute approximate surface area is 181 Å². The lowest BCUT2D eigenvalue weighted by atomic mass is 10.1. The van der Waals surface area contributed by atoms with Crippen LogP contribution < -0.4 is 10.2 Å². The van der Waals surface area contributed by atoms with Gasteiger partial charge in [-0.3, -0.25) is 4.79 Å². The van der Waals surface area contributed by atoms with Gasteiger partial charge in [0.25, 0.3) is 5.91 Å². The number of hydrogen-bond donors (Lipinski definition) is 1. The lowest BCUT2D eigenvalue weighted by Gasteiger charge is -2.27. The number of hydrogen-bond acceptors (Lipinski definition) is 5. The maximum Gasteiger partial charge on any atom is 0.257 e. The Morgan fingerprint density at radius 3 is 2.43 bits per heavy atom. The van der Waals surface area contributed by atoms with Crippen molar-refractivity contribution in [2.24, 2.45) is 0 Å². The van der Waals surface area contributed by atoms with Gasteiger partial charge in [0.15, 0.2) is 0 Å². The topological polar surface area (TPSA) is 79.0 Å². The van der Waals surface area contributed by atoms with Crippen molar-refractivity contribution in [2.75, 3.05) is 49.6 Å². The number of carbonyl (C=O) groups excluding carboxylic acids is 1. The van der Waals surface area contributed by atoms with E-state index in [2.05, 4.69) is 10.2 Å². The number of nitrogens with one attached hydrogen (secondary N) is 1. The minimum atomic E-state index is -3.70. The van der Waals surface area contributed by atoms with E-state index in [9.17, 15) is 13.2 Å². The van der Waals surface area contributed by atoms with Gasteiger partial charge in [0, 0.05) is 42.6 Å². The molecule has 2 fully saturated rings. The summed E-state index contributed by atoms with van der Waals surface area (Å²) < 4.78 is 32.9. The van der Waals surface area contributed by atoms with Gasteiger partial charge < -0.3 is 15.0 Å². The predicted molar refractivity (Wildman–Crippen MR) is 117 cm³/mol. The number of anilines is 2. The summed E-state index contributed by atoms with van der Waals surface area (Å²) in [4.78, 5) is 15.4. The average Bonchev–Trinajstić information content (AvgIpc) is 3.29. The van der Waals surface area contributed by atoms with Crippen molar-refractivity contribution in [2.45, 2.75) is 17.7 Å². The summed E-state index contributed by atoms with van der Waals surface area (Å²) in [6.45, 7) is 3.03. The van der Waals surface area contributed by atoms with Gasteiger partial charge in [-0.1, -0.05) is 17.7 Å². The Kier molecular flexibility index (Phi) is 6.29. The molecule has 160 valence electrons. The molecule has 0 atom stereocenters. The van der Waals surface area contributed by atoms with Gasteiger partial charge in [-0.15, -0.1) is 0 Å². The van der Waals surface area contributed by atoms with E-state index in [0.717, 1.165) is 31.6 Å². The molecule has 2 aliphatic heterocycles. The van der Waals surface area contributed by atoms with Crippen molar-refractivity contribution in [3.8, 4) is 0 Å². The van der Waals surface area contributed by atoms with Crippen LogP contribution in [0.1, 0.15) is 23.2 Å². The highest BCUT2D eigenvalue weighted by atomic mass is 35.5. The molecule has 1 amide bonds. The molecular formula is C21H24ClN3O4S. The van der Waals surface area contributed by atoms with E-state index in [4.69, 9.17) is 16.3 Å². The van der Waals surface area contributed by atoms with Crippen LogP contribution in [0.2, 0.25) is 5.02 Å². The second kappa shape index (κ2) is 8.93. The highest BCUT2D eigenvalue weighted by Gasteiger charge is 2.29. The van der Waals surface area contributed by atoms with Crippen molar-refractivity contribution >= 4 is 38.9 Å². The highest BCUT2D eigenvalue weighted by molar-refractivity contribution is 7.89. The number of benzene rings is 2. The van der Waals surface area contributed by atoms with Gasteiger partial charge in [0.05, 0.1) is 23.7 Å². The smallest absolute Gasteiger partial charge is 0.257 e. The van der Waals surface area contributed by atoms with Crippen molar-refractivity contribution in [1.82, 2.24) is 4.31 Å². The van der Waals surface area contributed by atoms with E-state index in [1.54, 1.807) is 36.4 Å². The zero-order valence-electron chi connectivity index (χ0n) is 16.5. The molecule has 1 N–H and O–H groups in total. The third-order valence-corrected chi connectivity index (χ3v) is 7.48. The second-order valence-corrected chi connectivity index (χ2v) is 9.73. The molecule has 0 unspecified atom stereocenters. The number of halogens is 1. The average molecular weight is 450 g/mol. The normalized spacial score (nSPS) is 17.8. The number of nitrogens with zero attached hydrogens (tertiary/aromatic N) is 2. The van der Waals surface area contributed by atoms with Crippen LogP contribution in [0.25, 0.3) is 0 Å². The number of morpholine rings is 1. The Balaban J connectivity index is 1.70. The molecular weight excluding hydrogens is 426 g/mol. The molecule has 2 heterocycles. The fourth-order valence-corrected chi connectivity index (χ4v) is 5.42. The van der Waals surface area contributed by atoms with Gasteiger partial charge >= 0.3 is 0 Å². The van der Waals surface area contributed by atoms with E-state index in [-0.39, 0.29) is 10.8 Å². The molecule has 2 aromatic carbocycles. The first-order valence-electron chi connectivity index (χ1n) is 9.99.